The summed E-state index contributed by atoms with van der Waals surface area (Å²) in [5.74, 6) is -0.339. The molecule has 0 aliphatic rings. The maximum Gasteiger partial charge on any atom is 0.229 e. The van der Waals surface area contributed by atoms with Gasteiger partial charge in [0.15, 0.2) is 0 Å². The quantitative estimate of drug-likeness (QED) is 0.402. The molecule has 4 rings (SSSR count). The minimum atomic E-state index is -0.300. The molecule has 0 spiro atoms. The van der Waals surface area contributed by atoms with Crippen molar-refractivity contribution in [1.29, 1.82) is 0 Å². The highest BCUT2D eigenvalue weighted by atomic mass is 32.1. The van der Waals surface area contributed by atoms with Gasteiger partial charge >= 0.3 is 0 Å². The molecule has 0 saturated carbocycles. The van der Waals surface area contributed by atoms with E-state index in [1.807, 2.05) is 66.0 Å². The Morgan fingerprint density at radius 2 is 1.53 bits per heavy atom. The Morgan fingerprint density at radius 1 is 0.933 bits per heavy atom. The Balaban J connectivity index is 1.57. The molecule has 5 heteroatoms. The summed E-state index contributed by atoms with van der Waals surface area (Å²) < 4.78 is 13.5. The van der Waals surface area contributed by atoms with E-state index in [2.05, 4.69) is 4.98 Å². The summed E-state index contributed by atoms with van der Waals surface area (Å²) in [7, 11) is 1.79. The predicted octanol–water partition coefficient (Wildman–Crippen LogP) is 5.74. The zero-order valence-corrected chi connectivity index (χ0v) is 17.4. The van der Waals surface area contributed by atoms with E-state index in [-0.39, 0.29) is 24.2 Å². The van der Waals surface area contributed by atoms with Gasteiger partial charge in [0.25, 0.3) is 0 Å². The van der Waals surface area contributed by atoms with E-state index in [1.54, 1.807) is 24.1 Å². The Labute approximate surface area is 179 Å². The van der Waals surface area contributed by atoms with Crippen molar-refractivity contribution in [3.05, 3.63) is 113 Å². The number of carbonyl (C=O) groups excluding carboxylic acids is 1. The van der Waals surface area contributed by atoms with Crippen molar-refractivity contribution < 1.29 is 9.18 Å². The average molecular weight is 417 g/mol. The van der Waals surface area contributed by atoms with Gasteiger partial charge in [0.05, 0.1) is 18.2 Å². The standard InChI is InChI=1S/C25H21FN2OS/c1-28(23(29)16-22-17-30-25(27-22)20-10-6-3-7-11-20)24(18-8-4-2-5-9-18)19-12-14-21(26)15-13-19/h2-15,17,24H,16H2,1H3. The molecule has 150 valence electrons. The summed E-state index contributed by atoms with van der Waals surface area (Å²) in [4.78, 5) is 19.5. The average Bonchev–Trinajstić information content (AvgIpc) is 3.25. The van der Waals surface area contributed by atoms with E-state index >= 15 is 0 Å². The molecule has 0 fully saturated rings. The van der Waals surface area contributed by atoms with Crippen LogP contribution in [0.1, 0.15) is 22.9 Å². The van der Waals surface area contributed by atoms with Crippen LogP contribution in [0.3, 0.4) is 0 Å². The fraction of sp³-hybridized carbons (Fsp3) is 0.120. The summed E-state index contributed by atoms with van der Waals surface area (Å²) in [5.41, 5.74) is 3.63. The molecule has 0 saturated heterocycles. The lowest BCUT2D eigenvalue weighted by Gasteiger charge is -2.29. The van der Waals surface area contributed by atoms with Gasteiger partial charge in [-0.25, -0.2) is 9.37 Å². The van der Waals surface area contributed by atoms with E-state index in [9.17, 15) is 9.18 Å². The second-order valence-electron chi connectivity index (χ2n) is 7.06. The van der Waals surface area contributed by atoms with Crippen molar-refractivity contribution in [2.24, 2.45) is 0 Å². The van der Waals surface area contributed by atoms with Crippen molar-refractivity contribution in [2.75, 3.05) is 7.05 Å². The van der Waals surface area contributed by atoms with Crippen LogP contribution in [-0.4, -0.2) is 22.8 Å². The first kappa shape index (κ1) is 20.0. The van der Waals surface area contributed by atoms with Crippen LogP contribution in [0, 0.1) is 5.82 Å². The number of thiazole rings is 1. The van der Waals surface area contributed by atoms with Crippen LogP contribution in [0.4, 0.5) is 4.39 Å². The number of halogens is 1. The minimum Gasteiger partial charge on any atom is -0.334 e. The number of hydrogen-bond donors (Lipinski definition) is 0. The van der Waals surface area contributed by atoms with E-state index in [4.69, 9.17) is 0 Å². The molecule has 4 aromatic rings. The largest absolute Gasteiger partial charge is 0.334 e. The Kier molecular flexibility index (Phi) is 6.00. The molecule has 1 unspecified atom stereocenters. The monoisotopic (exact) mass is 416 g/mol. The van der Waals surface area contributed by atoms with Gasteiger partial charge in [-0.1, -0.05) is 72.8 Å². The van der Waals surface area contributed by atoms with E-state index in [0.717, 1.165) is 27.4 Å². The number of aromatic nitrogens is 1. The molecular weight excluding hydrogens is 395 g/mol. The van der Waals surface area contributed by atoms with Gasteiger partial charge < -0.3 is 4.90 Å². The van der Waals surface area contributed by atoms with Gasteiger partial charge in [-0.15, -0.1) is 11.3 Å². The Morgan fingerprint density at radius 3 is 2.20 bits per heavy atom. The molecule has 1 aromatic heterocycles. The van der Waals surface area contributed by atoms with Crippen LogP contribution in [0.2, 0.25) is 0 Å². The number of likely N-dealkylation sites (N-methyl/N-ethyl adjacent to an activating group) is 1. The van der Waals surface area contributed by atoms with Gasteiger partial charge in [-0.2, -0.15) is 0 Å². The molecule has 1 amide bonds. The highest BCUT2D eigenvalue weighted by molar-refractivity contribution is 7.13. The second kappa shape index (κ2) is 9.01. The number of amides is 1. The first-order valence-corrected chi connectivity index (χ1v) is 10.6. The maximum atomic E-state index is 13.5. The first-order chi connectivity index (χ1) is 14.6. The van der Waals surface area contributed by atoms with Gasteiger partial charge in [0.2, 0.25) is 5.91 Å². The van der Waals surface area contributed by atoms with Crippen LogP contribution in [0.5, 0.6) is 0 Å². The van der Waals surface area contributed by atoms with Crippen molar-refractivity contribution in [2.45, 2.75) is 12.5 Å². The molecule has 1 heterocycles. The van der Waals surface area contributed by atoms with E-state index in [0.29, 0.717) is 0 Å². The topological polar surface area (TPSA) is 33.2 Å². The van der Waals surface area contributed by atoms with Crippen LogP contribution in [0.15, 0.2) is 90.3 Å². The Hall–Kier alpha value is -3.31. The summed E-state index contributed by atoms with van der Waals surface area (Å²) in [6, 6.07) is 25.7. The normalized spacial score (nSPS) is 11.8. The first-order valence-electron chi connectivity index (χ1n) is 9.68. The molecule has 3 nitrogen and oxygen atoms in total. The number of nitrogens with zero attached hydrogens (tertiary/aromatic N) is 2. The zero-order valence-electron chi connectivity index (χ0n) is 16.5. The predicted molar refractivity (Wildman–Crippen MR) is 119 cm³/mol. The van der Waals surface area contributed by atoms with Crippen molar-refractivity contribution >= 4 is 17.2 Å². The number of rotatable bonds is 6. The van der Waals surface area contributed by atoms with Crippen molar-refractivity contribution in [1.82, 2.24) is 9.88 Å². The molecular formula is C25H21FN2OS. The molecule has 0 aliphatic carbocycles. The second-order valence-corrected chi connectivity index (χ2v) is 7.91. The minimum absolute atomic E-state index is 0.0434. The van der Waals surface area contributed by atoms with Crippen LogP contribution in [0.25, 0.3) is 10.6 Å². The van der Waals surface area contributed by atoms with Crippen molar-refractivity contribution in [3.8, 4) is 10.6 Å². The van der Waals surface area contributed by atoms with Crippen LogP contribution >= 0.6 is 11.3 Å². The highest BCUT2D eigenvalue weighted by Crippen LogP contribution is 2.29. The molecule has 0 radical (unpaired) electrons. The lowest BCUT2D eigenvalue weighted by molar-refractivity contribution is -0.130. The zero-order chi connectivity index (χ0) is 20.9. The number of carbonyl (C=O) groups is 1. The molecule has 30 heavy (non-hydrogen) atoms. The van der Waals surface area contributed by atoms with Crippen LogP contribution < -0.4 is 0 Å². The highest BCUT2D eigenvalue weighted by Gasteiger charge is 2.24. The molecule has 0 bridgehead atoms. The fourth-order valence-electron chi connectivity index (χ4n) is 3.45. The number of hydrogen-bond acceptors (Lipinski definition) is 3. The number of benzene rings is 3. The Bertz CT molecular complexity index is 1110. The lowest BCUT2D eigenvalue weighted by Crippen LogP contribution is -2.33. The SMILES string of the molecule is CN(C(=O)Cc1csc(-c2ccccc2)n1)C(c1ccccc1)c1ccc(F)cc1. The van der Waals surface area contributed by atoms with Gasteiger partial charge in [-0.05, 0) is 23.3 Å². The summed E-state index contributed by atoms with van der Waals surface area (Å²) in [6.07, 6.45) is 0.213. The summed E-state index contributed by atoms with van der Waals surface area (Å²) >= 11 is 1.54. The van der Waals surface area contributed by atoms with Crippen molar-refractivity contribution in [3.63, 3.8) is 0 Å². The molecule has 0 N–H and O–H groups in total. The summed E-state index contributed by atoms with van der Waals surface area (Å²) in [6.45, 7) is 0. The summed E-state index contributed by atoms with van der Waals surface area (Å²) in [5, 5.41) is 2.84. The van der Waals surface area contributed by atoms with E-state index in [1.165, 1.54) is 23.5 Å². The van der Waals surface area contributed by atoms with Gasteiger partial charge in [0, 0.05) is 18.0 Å². The maximum absolute atomic E-state index is 13.5. The third-order valence-electron chi connectivity index (χ3n) is 4.99. The third-order valence-corrected chi connectivity index (χ3v) is 5.93. The van der Waals surface area contributed by atoms with Crippen LogP contribution in [-0.2, 0) is 11.2 Å². The molecule has 3 aromatic carbocycles. The molecule has 1 atom stereocenters. The third kappa shape index (κ3) is 4.47. The lowest BCUT2D eigenvalue weighted by atomic mass is 9.97. The smallest absolute Gasteiger partial charge is 0.229 e. The molecule has 0 aliphatic heterocycles. The van der Waals surface area contributed by atoms with Gasteiger partial charge in [0.1, 0.15) is 10.8 Å². The van der Waals surface area contributed by atoms with Gasteiger partial charge in [-0.3, -0.25) is 4.79 Å². The fourth-order valence-corrected chi connectivity index (χ4v) is 4.27. The van der Waals surface area contributed by atoms with E-state index < -0.39 is 0 Å².